The zero-order valence-electron chi connectivity index (χ0n) is 9.52. The lowest BCUT2D eigenvalue weighted by molar-refractivity contribution is 0.0690. The van der Waals surface area contributed by atoms with Crippen molar-refractivity contribution in [1.82, 2.24) is 9.97 Å². The maximum absolute atomic E-state index is 10.8. The molecule has 6 nitrogen and oxygen atoms in total. The molecule has 1 atom stereocenters. The standard InChI is InChI=1S/C10H15N3O3/c1-6-4-8(9(14)15)13-10(11-6)12-7(2)5-16-3/h4,7H,5H2,1-3H3,(H,14,15)(H,11,12,13). The second kappa shape index (κ2) is 5.41. The number of hydrogen-bond acceptors (Lipinski definition) is 5. The van der Waals surface area contributed by atoms with Crippen molar-refractivity contribution in [3.63, 3.8) is 0 Å². The minimum Gasteiger partial charge on any atom is -0.477 e. The van der Waals surface area contributed by atoms with E-state index in [-0.39, 0.29) is 11.7 Å². The van der Waals surface area contributed by atoms with E-state index >= 15 is 0 Å². The predicted octanol–water partition coefficient (Wildman–Crippen LogP) is 0.930. The number of aromatic carboxylic acids is 1. The summed E-state index contributed by atoms with van der Waals surface area (Å²) in [6.45, 7) is 4.12. The molecule has 1 rings (SSSR count). The van der Waals surface area contributed by atoms with Crippen molar-refractivity contribution in [2.24, 2.45) is 0 Å². The van der Waals surface area contributed by atoms with E-state index in [0.29, 0.717) is 18.2 Å². The third-order valence-electron chi connectivity index (χ3n) is 1.87. The van der Waals surface area contributed by atoms with Crippen molar-refractivity contribution < 1.29 is 14.6 Å². The second-order valence-corrected chi connectivity index (χ2v) is 3.52. The van der Waals surface area contributed by atoms with Gasteiger partial charge in [0.25, 0.3) is 0 Å². The molecule has 0 aromatic carbocycles. The van der Waals surface area contributed by atoms with Crippen LogP contribution in [-0.2, 0) is 4.74 Å². The third kappa shape index (κ3) is 3.47. The Bertz CT molecular complexity index is 382. The Balaban J connectivity index is 2.84. The molecule has 0 amide bonds. The summed E-state index contributed by atoms with van der Waals surface area (Å²) < 4.78 is 4.95. The molecule has 1 unspecified atom stereocenters. The Morgan fingerprint density at radius 2 is 2.31 bits per heavy atom. The number of carboxylic acids is 1. The molecule has 0 aliphatic rings. The highest BCUT2D eigenvalue weighted by molar-refractivity contribution is 5.85. The van der Waals surface area contributed by atoms with Crippen LogP contribution in [0.15, 0.2) is 6.07 Å². The maximum atomic E-state index is 10.8. The van der Waals surface area contributed by atoms with Gasteiger partial charge < -0.3 is 15.2 Å². The van der Waals surface area contributed by atoms with Gasteiger partial charge in [-0.15, -0.1) is 0 Å². The normalized spacial score (nSPS) is 12.2. The fraction of sp³-hybridized carbons (Fsp3) is 0.500. The molecule has 0 saturated heterocycles. The maximum Gasteiger partial charge on any atom is 0.354 e. The fourth-order valence-corrected chi connectivity index (χ4v) is 1.25. The van der Waals surface area contributed by atoms with Gasteiger partial charge in [0.1, 0.15) is 0 Å². The zero-order chi connectivity index (χ0) is 12.1. The Labute approximate surface area is 93.7 Å². The summed E-state index contributed by atoms with van der Waals surface area (Å²) in [5.41, 5.74) is 0.596. The summed E-state index contributed by atoms with van der Waals surface area (Å²) >= 11 is 0. The number of nitrogens with zero attached hydrogens (tertiary/aromatic N) is 2. The molecule has 2 N–H and O–H groups in total. The van der Waals surface area contributed by atoms with Crippen LogP contribution in [0.2, 0.25) is 0 Å². The summed E-state index contributed by atoms with van der Waals surface area (Å²) in [6.07, 6.45) is 0. The Morgan fingerprint density at radius 3 is 2.88 bits per heavy atom. The first-order valence-corrected chi connectivity index (χ1v) is 4.87. The van der Waals surface area contributed by atoms with Crippen LogP contribution in [0, 0.1) is 6.92 Å². The number of carbonyl (C=O) groups is 1. The van der Waals surface area contributed by atoms with E-state index in [1.54, 1.807) is 14.0 Å². The number of hydrogen-bond donors (Lipinski definition) is 2. The average Bonchev–Trinajstić information content (AvgIpc) is 2.16. The van der Waals surface area contributed by atoms with Crippen LogP contribution in [0.4, 0.5) is 5.95 Å². The highest BCUT2D eigenvalue weighted by Gasteiger charge is 2.10. The van der Waals surface area contributed by atoms with Crippen LogP contribution in [0.1, 0.15) is 23.1 Å². The molecular formula is C10H15N3O3. The van der Waals surface area contributed by atoms with Gasteiger partial charge >= 0.3 is 5.97 Å². The molecule has 0 saturated carbocycles. The number of aryl methyl sites for hydroxylation is 1. The number of aromatic nitrogens is 2. The van der Waals surface area contributed by atoms with Crippen molar-refractivity contribution in [3.05, 3.63) is 17.5 Å². The lowest BCUT2D eigenvalue weighted by Crippen LogP contribution is -2.23. The Morgan fingerprint density at radius 1 is 1.62 bits per heavy atom. The average molecular weight is 225 g/mol. The molecule has 1 heterocycles. The van der Waals surface area contributed by atoms with Gasteiger partial charge in [-0.05, 0) is 19.9 Å². The van der Waals surface area contributed by atoms with Gasteiger partial charge in [-0.2, -0.15) is 0 Å². The second-order valence-electron chi connectivity index (χ2n) is 3.52. The van der Waals surface area contributed by atoms with E-state index in [4.69, 9.17) is 9.84 Å². The first kappa shape index (κ1) is 12.4. The van der Waals surface area contributed by atoms with Gasteiger partial charge in [-0.25, -0.2) is 14.8 Å². The molecule has 0 aliphatic heterocycles. The molecular weight excluding hydrogens is 210 g/mol. The molecule has 1 aromatic rings. The molecule has 0 aliphatic carbocycles. The van der Waals surface area contributed by atoms with E-state index in [9.17, 15) is 4.79 Å². The lowest BCUT2D eigenvalue weighted by atomic mass is 10.3. The van der Waals surface area contributed by atoms with E-state index < -0.39 is 5.97 Å². The molecule has 16 heavy (non-hydrogen) atoms. The fourth-order valence-electron chi connectivity index (χ4n) is 1.25. The van der Waals surface area contributed by atoms with Gasteiger partial charge in [0, 0.05) is 18.8 Å². The van der Waals surface area contributed by atoms with Gasteiger partial charge in [0.05, 0.1) is 6.61 Å². The van der Waals surface area contributed by atoms with Crippen molar-refractivity contribution in [2.45, 2.75) is 19.9 Å². The van der Waals surface area contributed by atoms with E-state index in [2.05, 4.69) is 15.3 Å². The van der Waals surface area contributed by atoms with Gasteiger partial charge in [-0.3, -0.25) is 0 Å². The van der Waals surface area contributed by atoms with Crippen LogP contribution in [0.25, 0.3) is 0 Å². The highest BCUT2D eigenvalue weighted by atomic mass is 16.5. The van der Waals surface area contributed by atoms with Crippen molar-refractivity contribution in [1.29, 1.82) is 0 Å². The van der Waals surface area contributed by atoms with Crippen molar-refractivity contribution in [2.75, 3.05) is 19.0 Å². The summed E-state index contributed by atoms with van der Waals surface area (Å²) in [6, 6.07) is 1.45. The number of nitrogens with one attached hydrogen (secondary N) is 1. The number of methoxy groups -OCH3 is 1. The molecule has 0 bridgehead atoms. The largest absolute Gasteiger partial charge is 0.477 e. The molecule has 0 fully saturated rings. The highest BCUT2D eigenvalue weighted by Crippen LogP contribution is 2.06. The number of carboxylic acid groups (broad SMARTS) is 1. The number of rotatable bonds is 5. The minimum atomic E-state index is -1.06. The SMILES string of the molecule is COCC(C)Nc1nc(C)cc(C(=O)O)n1. The lowest BCUT2D eigenvalue weighted by Gasteiger charge is -2.13. The van der Waals surface area contributed by atoms with Crippen LogP contribution in [0.5, 0.6) is 0 Å². The zero-order valence-corrected chi connectivity index (χ0v) is 9.52. The van der Waals surface area contributed by atoms with Crippen LogP contribution in [0.3, 0.4) is 0 Å². The Kier molecular flexibility index (Phi) is 4.19. The van der Waals surface area contributed by atoms with E-state index in [1.165, 1.54) is 6.07 Å². The van der Waals surface area contributed by atoms with Crippen molar-refractivity contribution >= 4 is 11.9 Å². The van der Waals surface area contributed by atoms with Crippen LogP contribution < -0.4 is 5.32 Å². The first-order valence-electron chi connectivity index (χ1n) is 4.87. The predicted molar refractivity (Wildman–Crippen MR) is 58.7 cm³/mol. The quantitative estimate of drug-likeness (QED) is 0.775. The van der Waals surface area contributed by atoms with Crippen LogP contribution in [-0.4, -0.2) is 40.8 Å². The third-order valence-corrected chi connectivity index (χ3v) is 1.87. The van der Waals surface area contributed by atoms with Crippen LogP contribution >= 0.6 is 0 Å². The first-order chi connectivity index (χ1) is 7.52. The topological polar surface area (TPSA) is 84.3 Å². The summed E-state index contributed by atoms with van der Waals surface area (Å²) in [4.78, 5) is 18.7. The molecule has 1 aromatic heterocycles. The van der Waals surface area contributed by atoms with Gasteiger partial charge in [-0.1, -0.05) is 0 Å². The molecule has 0 radical (unpaired) electrons. The van der Waals surface area contributed by atoms with E-state index in [0.717, 1.165) is 0 Å². The Hall–Kier alpha value is -1.69. The summed E-state index contributed by atoms with van der Waals surface area (Å²) in [5, 5.41) is 11.8. The van der Waals surface area contributed by atoms with Crippen molar-refractivity contribution in [3.8, 4) is 0 Å². The molecule has 6 heteroatoms. The van der Waals surface area contributed by atoms with Gasteiger partial charge in [0.15, 0.2) is 5.69 Å². The summed E-state index contributed by atoms with van der Waals surface area (Å²) in [5.74, 6) is -0.755. The smallest absolute Gasteiger partial charge is 0.354 e. The van der Waals surface area contributed by atoms with Gasteiger partial charge in [0.2, 0.25) is 5.95 Å². The molecule has 88 valence electrons. The minimum absolute atomic E-state index is 0.0142. The molecule has 0 spiro atoms. The monoisotopic (exact) mass is 225 g/mol. The summed E-state index contributed by atoms with van der Waals surface area (Å²) in [7, 11) is 1.60. The number of ether oxygens (including phenoxy) is 1. The number of anilines is 1. The van der Waals surface area contributed by atoms with E-state index in [1.807, 2.05) is 6.92 Å².